The van der Waals surface area contributed by atoms with Crippen molar-refractivity contribution in [2.75, 3.05) is 25.0 Å². The van der Waals surface area contributed by atoms with Crippen LogP contribution in [0.3, 0.4) is 0 Å². The number of aryl methyl sites for hydroxylation is 1. The van der Waals surface area contributed by atoms with Crippen LogP contribution in [-0.4, -0.2) is 49.0 Å². The van der Waals surface area contributed by atoms with Gasteiger partial charge in [-0.15, -0.1) is 0 Å². The molecule has 3 aliphatic rings. The van der Waals surface area contributed by atoms with Gasteiger partial charge in [-0.05, 0) is 54.4 Å². The van der Waals surface area contributed by atoms with E-state index in [0.717, 1.165) is 61.4 Å². The summed E-state index contributed by atoms with van der Waals surface area (Å²) in [6.45, 7) is 6.33. The number of amides is 3. The molecule has 0 aromatic heterocycles. The largest absolute Gasteiger partial charge is 0.356 e. The van der Waals surface area contributed by atoms with Crippen LogP contribution in [0.2, 0.25) is 0 Å². The van der Waals surface area contributed by atoms with Crippen LogP contribution in [0.15, 0.2) is 53.5 Å². The molecule has 2 unspecified atom stereocenters. The Balaban J connectivity index is 1.40. The molecule has 1 fully saturated rings. The van der Waals surface area contributed by atoms with E-state index in [4.69, 9.17) is 4.99 Å². The molecule has 0 spiro atoms. The van der Waals surface area contributed by atoms with E-state index in [1.807, 2.05) is 36.4 Å². The zero-order chi connectivity index (χ0) is 23.9. The van der Waals surface area contributed by atoms with Crippen molar-refractivity contribution in [2.45, 2.75) is 51.7 Å². The Bertz CT molecular complexity index is 1130. The number of benzene rings is 2. The summed E-state index contributed by atoms with van der Waals surface area (Å²) >= 11 is 0. The molecule has 5 rings (SSSR count). The number of rotatable bonds is 2. The molecule has 178 valence electrons. The van der Waals surface area contributed by atoms with Gasteiger partial charge in [-0.3, -0.25) is 4.79 Å². The first-order valence-electron chi connectivity index (χ1n) is 12.2. The van der Waals surface area contributed by atoms with Crippen molar-refractivity contribution in [1.29, 1.82) is 0 Å². The van der Waals surface area contributed by atoms with Gasteiger partial charge in [0, 0.05) is 25.7 Å². The number of likely N-dealkylation sites (tertiary alicyclic amines) is 1. The summed E-state index contributed by atoms with van der Waals surface area (Å²) in [6.07, 6.45) is 2.91. The second kappa shape index (κ2) is 8.78. The van der Waals surface area contributed by atoms with Gasteiger partial charge in [-0.2, -0.15) is 0 Å². The van der Waals surface area contributed by atoms with Crippen LogP contribution in [0, 0.1) is 5.41 Å². The van der Waals surface area contributed by atoms with Gasteiger partial charge in [0.1, 0.15) is 5.84 Å². The first-order chi connectivity index (χ1) is 16.3. The van der Waals surface area contributed by atoms with Gasteiger partial charge >= 0.3 is 6.03 Å². The number of likely N-dealkylation sites (N-methyl/N-ethyl adjacent to an activating group) is 1. The van der Waals surface area contributed by atoms with E-state index in [1.165, 1.54) is 5.56 Å². The van der Waals surface area contributed by atoms with Crippen molar-refractivity contribution in [3.8, 4) is 0 Å². The van der Waals surface area contributed by atoms with Gasteiger partial charge in [0.05, 0.1) is 11.7 Å². The molecule has 34 heavy (non-hydrogen) atoms. The molecule has 2 aromatic carbocycles. The Morgan fingerprint density at radius 3 is 2.53 bits per heavy atom. The Hall–Kier alpha value is -3.35. The number of hydrogen-bond donors (Lipinski definition) is 2. The van der Waals surface area contributed by atoms with Crippen molar-refractivity contribution < 1.29 is 9.59 Å². The molecular formula is C27H33N5O2. The van der Waals surface area contributed by atoms with E-state index in [1.54, 1.807) is 11.9 Å². The summed E-state index contributed by atoms with van der Waals surface area (Å²) in [5.41, 5.74) is 4.44. The van der Waals surface area contributed by atoms with Crippen LogP contribution < -0.4 is 15.5 Å². The van der Waals surface area contributed by atoms with Crippen molar-refractivity contribution in [2.24, 2.45) is 10.4 Å². The molecule has 7 nitrogen and oxygen atoms in total. The molecule has 3 amide bonds. The molecule has 0 bridgehead atoms. The van der Waals surface area contributed by atoms with E-state index in [9.17, 15) is 9.59 Å². The van der Waals surface area contributed by atoms with E-state index < -0.39 is 6.17 Å². The fraction of sp³-hybridized carbons (Fsp3) is 0.444. The topological polar surface area (TPSA) is 77.0 Å². The summed E-state index contributed by atoms with van der Waals surface area (Å²) in [5, 5.41) is 5.92. The SMILES string of the molecule is CN1C(=O)C(NC(=O)NC2CCc3ccccc32)N=C(N2CCC(C)(C)CC2)c2ccccc21. The van der Waals surface area contributed by atoms with Gasteiger partial charge in [0.2, 0.25) is 6.17 Å². The molecule has 7 heteroatoms. The van der Waals surface area contributed by atoms with Crippen LogP contribution >= 0.6 is 0 Å². The zero-order valence-corrected chi connectivity index (χ0v) is 20.2. The molecule has 2 heterocycles. The van der Waals surface area contributed by atoms with Crippen LogP contribution in [0.1, 0.15) is 55.8 Å². The molecule has 1 aliphatic carbocycles. The van der Waals surface area contributed by atoms with Crippen molar-refractivity contribution in [1.82, 2.24) is 15.5 Å². The number of nitrogens with one attached hydrogen (secondary N) is 2. The number of hydrogen-bond acceptors (Lipinski definition) is 4. The van der Waals surface area contributed by atoms with E-state index in [0.29, 0.717) is 5.41 Å². The minimum absolute atomic E-state index is 0.0558. The van der Waals surface area contributed by atoms with Crippen LogP contribution in [0.5, 0.6) is 0 Å². The number of carbonyl (C=O) groups is 2. The minimum Gasteiger partial charge on any atom is -0.356 e. The second-order valence-corrected chi connectivity index (χ2v) is 10.3. The molecule has 0 radical (unpaired) electrons. The monoisotopic (exact) mass is 459 g/mol. The normalized spacial score (nSPS) is 23.5. The summed E-state index contributed by atoms with van der Waals surface area (Å²) in [6, 6.07) is 15.6. The lowest BCUT2D eigenvalue weighted by molar-refractivity contribution is -0.119. The maximum absolute atomic E-state index is 13.4. The maximum atomic E-state index is 13.4. The van der Waals surface area contributed by atoms with Gasteiger partial charge < -0.3 is 20.4 Å². The molecule has 1 saturated heterocycles. The number of anilines is 1. The lowest BCUT2D eigenvalue weighted by Gasteiger charge is -2.38. The Morgan fingerprint density at radius 2 is 1.74 bits per heavy atom. The first kappa shape index (κ1) is 22.4. The van der Waals surface area contributed by atoms with Crippen LogP contribution in [-0.2, 0) is 11.2 Å². The lowest BCUT2D eigenvalue weighted by Crippen LogP contribution is -2.50. The minimum atomic E-state index is -0.987. The van der Waals surface area contributed by atoms with E-state index >= 15 is 0 Å². The number of nitrogens with zero attached hydrogens (tertiary/aromatic N) is 3. The summed E-state index contributed by atoms with van der Waals surface area (Å²) in [7, 11) is 1.75. The Morgan fingerprint density at radius 1 is 1.03 bits per heavy atom. The fourth-order valence-electron chi connectivity index (χ4n) is 5.21. The van der Waals surface area contributed by atoms with Crippen molar-refractivity contribution >= 4 is 23.5 Å². The highest BCUT2D eigenvalue weighted by Crippen LogP contribution is 2.33. The lowest BCUT2D eigenvalue weighted by atomic mass is 9.82. The number of piperidine rings is 1. The van der Waals surface area contributed by atoms with Crippen LogP contribution in [0.25, 0.3) is 0 Å². The average molecular weight is 460 g/mol. The summed E-state index contributed by atoms with van der Waals surface area (Å²) in [5.74, 6) is 0.530. The Labute approximate surface area is 201 Å². The number of urea groups is 1. The highest BCUT2D eigenvalue weighted by Gasteiger charge is 2.35. The molecule has 2 N–H and O–H groups in total. The molecule has 2 aromatic rings. The quantitative estimate of drug-likeness (QED) is 0.716. The van der Waals surface area contributed by atoms with Gasteiger partial charge in [-0.25, -0.2) is 9.79 Å². The predicted molar refractivity (Wildman–Crippen MR) is 134 cm³/mol. The van der Waals surface area contributed by atoms with Crippen molar-refractivity contribution in [3.05, 3.63) is 65.2 Å². The van der Waals surface area contributed by atoms with E-state index in [2.05, 4.69) is 41.5 Å². The first-order valence-corrected chi connectivity index (χ1v) is 12.2. The Kier molecular flexibility index (Phi) is 5.80. The molecular weight excluding hydrogens is 426 g/mol. The third-order valence-corrected chi connectivity index (χ3v) is 7.44. The number of carbonyl (C=O) groups excluding carboxylic acids is 2. The number of fused-ring (bicyclic) bond motifs is 2. The highest BCUT2D eigenvalue weighted by molar-refractivity contribution is 6.12. The second-order valence-electron chi connectivity index (χ2n) is 10.3. The smallest absolute Gasteiger partial charge is 0.317 e. The van der Waals surface area contributed by atoms with Crippen LogP contribution in [0.4, 0.5) is 10.5 Å². The third kappa shape index (κ3) is 4.27. The molecule has 2 aliphatic heterocycles. The molecule has 2 atom stereocenters. The third-order valence-electron chi connectivity index (χ3n) is 7.44. The van der Waals surface area contributed by atoms with E-state index in [-0.39, 0.29) is 18.0 Å². The zero-order valence-electron chi connectivity index (χ0n) is 20.2. The fourth-order valence-corrected chi connectivity index (χ4v) is 5.21. The predicted octanol–water partition coefficient (Wildman–Crippen LogP) is 3.84. The number of para-hydroxylation sites is 1. The van der Waals surface area contributed by atoms with Gasteiger partial charge in [-0.1, -0.05) is 50.2 Å². The average Bonchev–Trinajstić information content (AvgIpc) is 3.19. The summed E-state index contributed by atoms with van der Waals surface area (Å²) < 4.78 is 0. The number of benzodiazepines with no additional fused rings is 1. The van der Waals surface area contributed by atoms with Crippen molar-refractivity contribution in [3.63, 3.8) is 0 Å². The maximum Gasteiger partial charge on any atom is 0.317 e. The van der Waals surface area contributed by atoms with Gasteiger partial charge in [0.25, 0.3) is 5.91 Å². The van der Waals surface area contributed by atoms with Gasteiger partial charge in [0.15, 0.2) is 0 Å². The molecule has 0 saturated carbocycles. The highest BCUT2D eigenvalue weighted by atomic mass is 16.2. The standard InChI is InChI=1S/C27H33N5O2/c1-27(2)14-16-32(17-15-27)24-20-10-6-7-11-22(20)31(3)25(33)23(29-24)30-26(34)28-21-13-12-18-8-4-5-9-19(18)21/h4-11,21,23H,12-17H2,1-3H3,(H2,28,30,34). The summed E-state index contributed by atoms with van der Waals surface area (Å²) in [4.78, 5) is 35.1. The number of aliphatic imine (C=N–C) groups is 1. The number of amidine groups is 1.